The Morgan fingerprint density at radius 1 is 1.26 bits per heavy atom. The van der Waals surface area contributed by atoms with Crippen molar-refractivity contribution in [2.24, 2.45) is 5.92 Å². The van der Waals surface area contributed by atoms with Crippen LogP contribution in [0.25, 0.3) is 0 Å². The van der Waals surface area contributed by atoms with Crippen molar-refractivity contribution in [3.8, 4) is 0 Å². The third-order valence-corrected chi connectivity index (χ3v) is 7.23. The van der Waals surface area contributed by atoms with Crippen LogP contribution >= 0.6 is 15.9 Å². The van der Waals surface area contributed by atoms with Gasteiger partial charge in [-0.3, -0.25) is 9.78 Å². The molecule has 1 saturated heterocycles. The number of aromatic nitrogens is 1. The first-order chi connectivity index (χ1) is 11.0. The molecule has 1 aliphatic heterocycles. The molecule has 8 heteroatoms. The number of carbonyl (C=O) groups excluding carboxylic acids is 1. The monoisotopic (exact) mass is 401 g/mol. The van der Waals surface area contributed by atoms with Crippen LogP contribution in [0.5, 0.6) is 0 Å². The molecular formula is C15H20BrN3O3S. The molecule has 6 nitrogen and oxygen atoms in total. The molecule has 0 aromatic carbocycles. The standard InChI is InChI=1S/C15H20BrN3O3S/c16-13-7-12(9-17-10-13)15(20)18-8-11-3-5-19(6-4-11)23(21,22)14-1-2-14/h7,9-11,14H,1-6,8H2,(H,18,20). The van der Waals surface area contributed by atoms with E-state index in [-0.39, 0.29) is 11.2 Å². The summed E-state index contributed by atoms with van der Waals surface area (Å²) in [6.07, 6.45) is 6.36. The summed E-state index contributed by atoms with van der Waals surface area (Å²) in [7, 11) is -3.06. The van der Waals surface area contributed by atoms with Gasteiger partial charge in [0, 0.05) is 36.5 Å². The van der Waals surface area contributed by atoms with E-state index in [2.05, 4.69) is 26.2 Å². The third-order valence-electron chi connectivity index (χ3n) is 4.40. The first-order valence-corrected chi connectivity index (χ1v) is 10.1. The van der Waals surface area contributed by atoms with Crippen LogP contribution in [0.3, 0.4) is 0 Å². The van der Waals surface area contributed by atoms with Crippen LogP contribution in [0.2, 0.25) is 0 Å². The lowest BCUT2D eigenvalue weighted by atomic mass is 9.98. The number of hydrogen-bond donors (Lipinski definition) is 1. The summed E-state index contributed by atoms with van der Waals surface area (Å²) in [4.78, 5) is 16.1. The number of piperidine rings is 1. The molecule has 1 aromatic rings. The van der Waals surface area contributed by atoms with Gasteiger partial charge in [0.15, 0.2) is 0 Å². The van der Waals surface area contributed by atoms with Gasteiger partial charge in [0.05, 0.1) is 10.8 Å². The minimum atomic E-state index is -3.06. The fourth-order valence-corrected chi connectivity index (χ4v) is 5.06. The molecule has 3 rings (SSSR count). The lowest BCUT2D eigenvalue weighted by molar-refractivity contribution is 0.0941. The lowest BCUT2D eigenvalue weighted by Gasteiger charge is -2.31. The lowest BCUT2D eigenvalue weighted by Crippen LogP contribution is -2.42. The zero-order valence-corrected chi connectivity index (χ0v) is 15.1. The van der Waals surface area contributed by atoms with Crippen molar-refractivity contribution < 1.29 is 13.2 Å². The molecule has 1 aliphatic carbocycles. The second kappa shape index (κ2) is 6.86. The quantitative estimate of drug-likeness (QED) is 0.815. The van der Waals surface area contributed by atoms with Gasteiger partial charge in [-0.2, -0.15) is 0 Å². The highest BCUT2D eigenvalue weighted by Gasteiger charge is 2.41. The molecule has 2 fully saturated rings. The van der Waals surface area contributed by atoms with E-state index in [4.69, 9.17) is 0 Å². The van der Waals surface area contributed by atoms with E-state index in [9.17, 15) is 13.2 Å². The minimum Gasteiger partial charge on any atom is -0.352 e. The van der Waals surface area contributed by atoms with Gasteiger partial charge in [0.2, 0.25) is 10.0 Å². The fourth-order valence-electron chi connectivity index (χ4n) is 2.82. The van der Waals surface area contributed by atoms with Gasteiger partial charge in [-0.25, -0.2) is 12.7 Å². The normalized spacial score (nSPS) is 20.4. The summed E-state index contributed by atoms with van der Waals surface area (Å²) >= 11 is 3.30. The molecular weight excluding hydrogens is 382 g/mol. The molecule has 23 heavy (non-hydrogen) atoms. The molecule has 1 saturated carbocycles. The summed E-state index contributed by atoms with van der Waals surface area (Å²) in [5.41, 5.74) is 0.521. The Hall–Kier alpha value is -0.990. The summed E-state index contributed by atoms with van der Waals surface area (Å²) in [6, 6.07) is 1.73. The van der Waals surface area contributed by atoms with Crippen LogP contribution in [0, 0.1) is 5.92 Å². The van der Waals surface area contributed by atoms with E-state index in [0.29, 0.717) is 31.1 Å². The van der Waals surface area contributed by atoms with Crippen molar-refractivity contribution in [2.75, 3.05) is 19.6 Å². The van der Waals surface area contributed by atoms with E-state index < -0.39 is 10.0 Å². The van der Waals surface area contributed by atoms with E-state index in [1.54, 1.807) is 16.6 Å². The van der Waals surface area contributed by atoms with Gasteiger partial charge in [-0.15, -0.1) is 0 Å². The van der Waals surface area contributed by atoms with Gasteiger partial charge < -0.3 is 5.32 Å². The number of nitrogens with one attached hydrogen (secondary N) is 1. The molecule has 126 valence electrons. The third kappa shape index (κ3) is 4.10. The Bertz CT molecular complexity index is 683. The number of sulfonamides is 1. The van der Waals surface area contributed by atoms with Crippen molar-refractivity contribution in [3.05, 3.63) is 28.5 Å². The van der Waals surface area contributed by atoms with Crippen LogP contribution in [-0.2, 0) is 10.0 Å². The van der Waals surface area contributed by atoms with Gasteiger partial charge in [-0.1, -0.05) is 0 Å². The molecule has 0 atom stereocenters. The van der Waals surface area contributed by atoms with Crippen LogP contribution in [0.4, 0.5) is 0 Å². The highest BCUT2D eigenvalue weighted by Crippen LogP contribution is 2.33. The van der Waals surface area contributed by atoms with Crippen LogP contribution in [0.1, 0.15) is 36.0 Å². The molecule has 1 amide bonds. The Balaban J connectivity index is 1.47. The predicted molar refractivity (Wildman–Crippen MR) is 90.5 cm³/mol. The highest BCUT2D eigenvalue weighted by atomic mass is 79.9. The van der Waals surface area contributed by atoms with E-state index in [1.807, 2.05) is 0 Å². The maximum atomic E-state index is 12.2. The number of pyridine rings is 1. The average molecular weight is 402 g/mol. The van der Waals surface area contributed by atoms with Gasteiger partial charge in [-0.05, 0) is 53.6 Å². The summed E-state index contributed by atoms with van der Waals surface area (Å²) in [5.74, 6) is 0.177. The van der Waals surface area contributed by atoms with Crippen molar-refractivity contribution in [3.63, 3.8) is 0 Å². The SMILES string of the molecule is O=C(NCC1CCN(S(=O)(=O)C2CC2)CC1)c1cncc(Br)c1. The first kappa shape index (κ1) is 16.9. The number of halogens is 1. The maximum absolute atomic E-state index is 12.2. The molecule has 1 N–H and O–H groups in total. The van der Waals surface area contributed by atoms with Crippen molar-refractivity contribution in [1.29, 1.82) is 0 Å². The number of rotatable bonds is 5. The van der Waals surface area contributed by atoms with Crippen LogP contribution in [-0.4, -0.2) is 48.5 Å². The number of nitrogens with zero attached hydrogens (tertiary/aromatic N) is 2. The molecule has 2 aliphatic rings. The minimum absolute atomic E-state index is 0.136. The largest absolute Gasteiger partial charge is 0.352 e. The van der Waals surface area contributed by atoms with Crippen molar-refractivity contribution in [1.82, 2.24) is 14.6 Å². The smallest absolute Gasteiger partial charge is 0.252 e. The number of hydrogen-bond acceptors (Lipinski definition) is 4. The summed E-state index contributed by atoms with van der Waals surface area (Å²) < 4.78 is 26.8. The first-order valence-electron chi connectivity index (χ1n) is 7.84. The Labute approximate surface area is 144 Å². The average Bonchev–Trinajstić information content (AvgIpc) is 3.38. The molecule has 1 aromatic heterocycles. The van der Waals surface area contributed by atoms with Crippen molar-refractivity contribution in [2.45, 2.75) is 30.9 Å². The zero-order valence-electron chi connectivity index (χ0n) is 12.7. The number of amides is 1. The topological polar surface area (TPSA) is 79.4 Å². The Kier molecular flexibility index (Phi) is 5.03. The van der Waals surface area contributed by atoms with E-state index in [1.165, 1.54) is 6.20 Å². The molecule has 0 spiro atoms. The predicted octanol–water partition coefficient (Wildman–Crippen LogP) is 1.78. The Morgan fingerprint density at radius 2 is 1.96 bits per heavy atom. The Morgan fingerprint density at radius 3 is 2.57 bits per heavy atom. The molecule has 0 radical (unpaired) electrons. The van der Waals surface area contributed by atoms with Crippen LogP contribution in [0.15, 0.2) is 22.9 Å². The second-order valence-corrected chi connectivity index (χ2v) is 9.32. The molecule has 2 heterocycles. The van der Waals surface area contributed by atoms with Gasteiger partial charge in [0.25, 0.3) is 5.91 Å². The van der Waals surface area contributed by atoms with Gasteiger partial charge >= 0.3 is 0 Å². The molecule has 0 bridgehead atoms. The summed E-state index contributed by atoms with van der Waals surface area (Å²) in [6.45, 7) is 1.71. The maximum Gasteiger partial charge on any atom is 0.252 e. The number of carbonyl (C=O) groups is 1. The zero-order chi connectivity index (χ0) is 16.4. The summed E-state index contributed by atoms with van der Waals surface area (Å²) in [5, 5.41) is 2.78. The second-order valence-electron chi connectivity index (χ2n) is 6.19. The van der Waals surface area contributed by atoms with Crippen molar-refractivity contribution >= 4 is 31.9 Å². The van der Waals surface area contributed by atoms with Crippen LogP contribution < -0.4 is 5.32 Å². The van der Waals surface area contributed by atoms with Gasteiger partial charge in [0.1, 0.15) is 0 Å². The van der Waals surface area contributed by atoms with E-state index >= 15 is 0 Å². The van der Waals surface area contributed by atoms with E-state index in [0.717, 1.165) is 30.2 Å². The molecule has 0 unspecified atom stereocenters. The fraction of sp³-hybridized carbons (Fsp3) is 0.600. The highest BCUT2D eigenvalue weighted by molar-refractivity contribution is 9.10.